The molecule has 2 aromatic rings. The minimum absolute atomic E-state index is 0.270. The Morgan fingerprint density at radius 1 is 1.22 bits per heavy atom. The lowest BCUT2D eigenvalue weighted by molar-refractivity contribution is 0.602. The van der Waals surface area contributed by atoms with Gasteiger partial charge in [-0.05, 0) is 45.1 Å². The Hall–Kier alpha value is -0.360. The maximum atomic E-state index is 11.4. The molecule has 1 heterocycles. The second kappa shape index (κ2) is 5.33. The molecule has 0 aliphatic carbocycles. The van der Waals surface area contributed by atoms with Crippen molar-refractivity contribution in [3.63, 3.8) is 0 Å². The lowest BCUT2D eigenvalue weighted by atomic mass is 10.1. The number of sulfone groups is 1. The topological polar surface area (TPSA) is 34.1 Å². The molecule has 0 radical (unpaired) electrons. The molecule has 0 spiro atoms. The van der Waals surface area contributed by atoms with Gasteiger partial charge in [-0.1, -0.05) is 12.1 Å². The highest BCUT2D eigenvalue weighted by Crippen LogP contribution is 2.37. The van der Waals surface area contributed by atoms with Crippen molar-refractivity contribution in [2.75, 3.05) is 6.26 Å². The normalized spacial score (nSPS) is 13.5. The molecule has 0 saturated carbocycles. The van der Waals surface area contributed by atoms with Crippen LogP contribution in [0.25, 0.3) is 0 Å². The molecule has 1 unspecified atom stereocenters. The number of hydrogen-bond acceptors (Lipinski definition) is 3. The van der Waals surface area contributed by atoms with E-state index in [1.807, 2.05) is 11.4 Å². The third kappa shape index (κ3) is 2.96. The van der Waals surface area contributed by atoms with E-state index in [1.54, 1.807) is 35.6 Å². The second-order valence-electron chi connectivity index (χ2n) is 3.84. The van der Waals surface area contributed by atoms with Crippen molar-refractivity contribution in [2.45, 2.75) is 10.3 Å². The summed E-state index contributed by atoms with van der Waals surface area (Å²) in [4.78, 5) is 1.32. The Kier molecular flexibility index (Phi) is 4.16. The van der Waals surface area contributed by atoms with E-state index in [9.17, 15) is 8.42 Å². The van der Waals surface area contributed by atoms with Gasteiger partial charge in [-0.2, -0.15) is 0 Å². The van der Waals surface area contributed by atoms with E-state index in [1.165, 1.54) is 6.26 Å². The molecule has 96 valence electrons. The number of rotatable bonds is 3. The van der Waals surface area contributed by atoms with Crippen molar-refractivity contribution in [3.05, 3.63) is 50.6 Å². The second-order valence-corrected chi connectivity index (χ2v) is 8.09. The van der Waals surface area contributed by atoms with Gasteiger partial charge in [0.05, 0.1) is 10.3 Å². The van der Waals surface area contributed by atoms with E-state index in [0.29, 0.717) is 4.90 Å². The minimum atomic E-state index is -3.16. The van der Waals surface area contributed by atoms with Gasteiger partial charge in [0.1, 0.15) is 0 Å². The van der Waals surface area contributed by atoms with E-state index < -0.39 is 9.84 Å². The van der Waals surface area contributed by atoms with E-state index in [2.05, 4.69) is 15.9 Å². The summed E-state index contributed by atoms with van der Waals surface area (Å²) in [5.74, 6) is 0. The number of benzene rings is 1. The fraction of sp³-hybridized carbons (Fsp3) is 0.167. The van der Waals surface area contributed by atoms with Gasteiger partial charge in [0.2, 0.25) is 0 Å². The van der Waals surface area contributed by atoms with E-state index >= 15 is 0 Å². The highest BCUT2D eigenvalue weighted by atomic mass is 79.9. The van der Waals surface area contributed by atoms with Crippen molar-refractivity contribution in [1.29, 1.82) is 0 Å². The molecule has 18 heavy (non-hydrogen) atoms. The summed E-state index contributed by atoms with van der Waals surface area (Å²) >= 11 is 11.4. The molecule has 2 nitrogen and oxygen atoms in total. The molecule has 1 aromatic carbocycles. The number of alkyl halides is 1. The SMILES string of the molecule is CS(=O)(=O)c1ccc(C(Cl)c2sccc2Br)cc1. The zero-order chi connectivity index (χ0) is 13.3. The van der Waals surface area contributed by atoms with Crippen LogP contribution in [0.2, 0.25) is 0 Å². The summed E-state index contributed by atoms with van der Waals surface area (Å²) < 4.78 is 23.7. The van der Waals surface area contributed by atoms with Gasteiger partial charge < -0.3 is 0 Å². The molecule has 0 saturated heterocycles. The molecule has 0 N–H and O–H groups in total. The van der Waals surface area contributed by atoms with Crippen molar-refractivity contribution in [1.82, 2.24) is 0 Å². The maximum absolute atomic E-state index is 11.4. The molecule has 2 rings (SSSR count). The molecular weight excluding hydrogens is 356 g/mol. The monoisotopic (exact) mass is 364 g/mol. The van der Waals surface area contributed by atoms with E-state index in [-0.39, 0.29) is 5.38 Å². The Balaban J connectivity index is 2.33. The lowest BCUT2D eigenvalue weighted by Crippen LogP contribution is -1.98. The Bertz CT molecular complexity index is 647. The molecule has 0 aliphatic rings. The average molecular weight is 366 g/mol. The van der Waals surface area contributed by atoms with Gasteiger partial charge in [-0.25, -0.2) is 8.42 Å². The van der Waals surface area contributed by atoms with Crippen molar-refractivity contribution < 1.29 is 8.42 Å². The Labute approximate surface area is 124 Å². The average Bonchev–Trinajstić information content (AvgIpc) is 2.73. The van der Waals surface area contributed by atoms with Crippen LogP contribution in [-0.4, -0.2) is 14.7 Å². The smallest absolute Gasteiger partial charge is 0.175 e. The molecule has 0 amide bonds. The van der Waals surface area contributed by atoms with Crippen molar-refractivity contribution in [2.24, 2.45) is 0 Å². The minimum Gasteiger partial charge on any atom is -0.224 e. The molecule has 0 fully saturated rings. The summed E-state index contributed by atoms with van der Waals surface area (Å²) in [5.41, 5.74) is 0.882. The van der Waals surface area contributed by atoms with Crippen LogP contribution in [0.4, 0.5) is 0 Å². The van der Waals surface area contributed by atoms with Gasteiger partial charge in [0.25, 0.3) is 0 Å². The largest absolute Gasteiger partial charge is 0.224 e. The summed E-state index contributed by atoms with van der Waals surface area (Å²) in [6.07, 6.45) is 1.19. The zero-order valence-electron chi connectivity index (χ0n) is 9.43. The van der Waals surface area contributed by atoms with E-state index in [0.717, 1.165) is 14.9 Å². The number of thiophene rings is 1. The fourth-order valence-corrected chi connectivity index (χ4v) is 4.30. The van der Waals surface area contributed by atoms with Gasteiger partial charge >= 0.3 is 0 Å². The van der Waals surface area contributed by atoms with Gasteiger partial charge in [0, 0.05) is 15.6 Å². The predicted molar refractivity (Wildman–Crippen MR) is 79.3 cm³/mol. The van der Waals surface area contributed by atoms with Crippen LogP contribution in [0.3, 0.4) is 0 Å². The molecule has 1 aromatic heterocycles. The van der Waals surface area contributed by atoms with Crippen LogP contribution in [0, 0.1) is 0 Å². The summed E-state index contributed by atoms with van der Waals surface area (Å²) in [6.45, 7) is 0. The Morgan fingerprint density at radius 2 is 1.83 bits per heavy atom. The molecule has 0 bridgehead atoms. The van der Waals surface area contributed by atoms with Crippen LogP contribution in [0.5, 0.6) is 0 Å². The molecule has 6 heteroatoms. The number of hydrogen-bond donors (Lipinski definition) is 0. The van der Waals surface area contributed by atoms with Gasteiger partial charge in [0.15, 0.2) is 9.84 Å². The first-order valence-electron chi connectivity index (χ1n) is 5.06. The van der Waals surface area contributed by atoms with Gasteiger partial charge in [-0.3, -0.25) is 0 Å². The van der Waals surface area contributed by atoms with Crippen LogP contribution in [-0.2, 0) is 9.84 Å². The molecule has 1 atom stereocenters. The first-order chi connectivity index (χ1) is 8.39. The quantitative estimate of drug-likeness (QED) is 0.762. The van der Waals surface area contributed by atoms with Gasteiger partial charge in [-0.15, -0.1) is 22.9 Å². The predicted octanol–water partition coefficient (Wildman–Crippen LogP) is 4.24. The first-order valence-corrected chi connectivity index (χ1v) is 9.06. The first kappa shape index (κ1) is 14.1. The summed E-state index contributed by atoms with van der Waals surface area (Å²) in [7, 11) is -3.16. The van der Waals surface area contributed by atoms with Crippen LogP contribution >= 0.6 is 38.9 Å². The van der Waals surface area contributed by atoms with E-state index in [4.69, 9.17) is 11.6 Å². The lowest BCUT2D eigenvalue weighted by Gasteiger charge is -2.09. The maximum Gasteiger partial charge on any atom is 0.175 e. The standard InChI is InChI=1S/C12H10BrClO2S2/c1-18(15,16)9-4-2-8(3-5-9)11(14)12-10(13)6-7-17-12/h2-7,11H,1H3. The highest BCUT2D eigenvalue weighted by Gasteiger charge is 2.16. The third-order valence-corrected chi connectivity index (χ3v) is 6.14. The van der Waals surface area contributed by atoms with Crippen molar-refractivity contribution in [3.8, 4) is 0 Å². The summed E-state index contributed by atoms with van der Waals surface area (Å²) in [6, 6.07) is 8.61. The fourth-order valence-electron chi connectivity index (χ4n) is 1.52. The summed E-state index contributed by atoms with van der Waals surface area (Å²) in [5, 5.41) is 1.69. The van der Waals surface area contributed by atoms with Crippen LogP contribution in [0.1, 0.15) is 15.8 Å². The molecule has 0 aliphatic heterocycles. The van der Waals surface area contributed by atoms with Crippen LogP contribution in [0.15, 0.2) is 45.1 Å². The highest BCUT2D eigenvalue weighted by molar-refractivity contribution is 9.10. The molecular formula is C12H10BrClO2S2. The number of halogens is 2. The third-order valence-electron chi connectivity index (χ3n) is 2.48. The van der Waals surface area contributed by atoms with Crippen molar-refractivity contribution >= 4 is 48.7 Å². The van der Waals surface area contributed by atoms with Crippen LogP contribution < -0.4 is 0 Å². The zero-order valence-corrected chi connectivity index (χ0v) is 13.4. The Morgan fingerprint density at radius 3 is 2.28 bits per heavy atom.